The minimum absolute atomic E-state index is 0.00150. The van der Waals surface area contributed by atoms with Crippen molar-refractivity contribution in [2.75, 3.05) is 7.05 Å². The third kappa shape index (κ3) is 2.97. The smallest absolute Gasteiger partial charge is 0.278 e. The first-order valence-corrected chi connectivity index (χ1v) is 7.53. The van der Waals surface area contributed by atoms with Gasteiger partial charge in [0.2, 0.25) is 4.80 Å². The lowest BCUT2D eigenvalue weighted by molar-refractivity contribution is -0.385. The number of rotatable bonds is 4. The number of para-hydroxylation sites is 1. The van der Waals surface area contributed by atoms with Crippen molar-refractivity contribution >= 4 is 23.2 Å². The molecule has 0 radical (unpaired) electrons. The number of nitrogens with zero attached hydrogens (tertiary/aromatic N) is 4. The van der Waals surface area contributed by atoms with Crippen LogP contribution in [-0.2, 0) is 0 Å². The van der Waals surface area contributed by atoms with Gasteiger partial charge in [-0.2, -0.15) is 5.10 Å². The van der Waals surface area contributed by atoms with Crippen LogP contribution in [0, 0.1) is 10.1 Å². The van der Waals surface area contributed by atoms with Gasteiger partial charge >= 0.3 is 0 Å². The summed E-state index contributed by atoms with van der Waals surface area (Å²) in [5.74, 6) is 0.649. The molecular weight excluding hydrogens is 316 g/mol. The second kappa shape index (κ2) is 6.41. The lowest BCUT2D eigenvalue weighted by Crippen LogP contribution is -2.11. The molecule has 0 saturated carbocycles. The van der Waals surface area contributed by atoms with Crippen molar-refractivity contribution in [2.45, 2.75) is 0 Å². The summed E-state index contributed by atoms with van der Waals surface area (Å²) in [4.78, 5) is 15.5. The molecule has 0 aliphatic heterocycles. The molecule has 2 heterocycles. The van der Waals surface area contributed by atoms with Crippen LogP contribution in [0.4, 0.5) is 5.69 Å². The predicted octanol–water partition coefficient (Wildman–Crippen LogP) is 3.13. The first-order valence-electron chi connectivity index (χ1n) is 6.65. The summed E-state index contributed by atoms with van der Waals surface area (Å²) in [6.45, 7) is 0. The highest BCUT2D eigenvalue weighted by atomic mass is 32.1. The summed E-state index contributed by atoms with van der Waals surface area (Å²) in [5, 5.41) is 17.3. The molecule has 8 heteroatoms. The molecule has 23 heavy (non-hydrogen) atoms. The van der Waals surface area contributed by atoms with Gasteiger partial charge in [0.1, 0.15) is 5.69 Å². The van der Waals surface area contributed by atoms with E-state index in [-0.39, 0.29) is 5.69 Å². The van der Waals surface area contributed by atoms with E-state index in [1.54, 1.807) is 42.3 Å². The van der Waals surface area contributed by atoms with E-state index >= 15 is 0 Å². The molecule has 0 aliphatic carbocycles. The highest BCUT2D eigenvalue weighted by Crippen LogP contribution is 2.21. The van der Waals surface area contributed by atoms with Crippen LogP contribution < -0.4 is 4.80 Å². The SMILES string of the molecule is CN=c1scc(-c2ccco2)n1N=Cc1ccccc1[N+](=O)[O-]. The first kappa shape index (κ1) is 14.9. The predicted molar refractivity (Wildman–Crippen MR) is 87.6 cm³/mol. The van der Waals surface area contributed by atoms with E-state index in [0.29, 0.717) is 16.1 Å². The summed E-state index contributed by atoms with van der Waals surface area (Å²) in [5.41, 5.74) is 1.15. The molecular formula is C15H12N4O3S. The Balaban J connectivity index is 2.07. The molecule has 0 amide bonds. The maximum Gasteiger partial charge on any atom is 0.278 e. The average molecular weight is 328 g/mol. The van der Waals surface area contributed by atoms with Crippen molar-refractivity contribution in [2.24, 2.45) is 10.1 Å². The zero-order chi connectivity index (χ0) is 16.2. The van der Waals surface area contributed by atoms with Gasteiger partial charge in [-0.25, -0.2) is 4.68 Å². The third-order valence-corrected chi connectivity index (χ3v) is 4.00. The number of thiazole rings is 1. The Kier molecular flexibility index (Phi) is 4.15. The average Bonchev–Trinajstić information content (AvgIpc) is 3.21. The van der Waals surface area contributed by atoms with Crippen LogP contribution in [0.2, 0.25) is 0 Å². The summed E-state index contributed by atoms with van der Waals surface area (Å²) >= 11 is 1.41. The number of hydrogen-bond donors (Lipinski definition) is 0. The lowest BCUT2D eigenvalue weighted by Gasteiger charge is -2.00. The van der Waals surface area contributed by atoms with Gasteiger partial charge < -0.3 is 4.42 Å². The molecule has 0 saturated heterocycles. The lowest BCUT2D eigenvalue weighted by atomic mass is 10.2. The largest absolute Gasteiger partial charge is 0.463 e. The van der Waals surface area contributed by atoms with Gasteiger partial charge in [0.05, 0.1) is 23.0 Å². The zero-order valence-corrected chi connectivity index (χ0v) is 12.9. The number of nitro groups is 1. The van der Waals surface area contributed by atoms with E-state index in [0.717, 1.165) is 5.69 Å². The van der Waals surface area contributed by atoms with E-state index in [1.807, 2.05) is 11.4 Å². The van der Waals surface area contributed by atoms with Crippen LogP contribution in [0.1, 0.15) is 5.56 Å². The fourth-order valence-corrected chi connectivity index (χ4v) is 2.82. The Morgan fingerprint density at radius 3 is 2.83 bits per heavy atom. The molecule has 0 N–H and O–H groups in total. The van der Waals surface area contributed by atoms with E-state index in [4.69, 9.17) is 4.42 Å². The fourth-order valence-electron chi connectivity index (χ4n) is 2.04. The second-order valence-electron chi connectivity index (χ2n) is 4.48. The van der Waals surface area contributed by atoms with Gasteiger partial charge in [-0.3, -0.25) is 15.1 Å². The van der Waals surface area contributed by atoms with Gasteiger partial charge in [0, 0.05) is 18.5 Å². The van der Waals surface area contributed by atoms with Crippen molar-refractivity contribution in [3.05, 3.63) is 68.5 Å². The summed E-state index contributed by atoms with van der Waals surface area (Å²) in [6.07, 6.45) is 3.03. The topological polar surface area (TPSA) is 85.9 Å². The van der Waals surface area contributed by atoms with Gasteiger partial charge in [0.15, 0.2) is 5.76 Å². The van der Waals surface area contributed by atoms with Crippen LogP contribution in [0.15, 0.2) is 62.6 Å². The molecule has 0 bridgehead atoms. The molecule has 2 aromatic heterocycles. The van der Waals surface area contributed by atoms with Crippen molar-refractivity contribution in [3.63, 3.8) is 0 Å². The number of aromatic nitrogens is 1. The summed E-state index contributed by atoms with van der Waals surface area (Å²) in [6, 6.07) is 10.0. The van der Waals surface area contributed by atoms with Crippen LogP contribution in [0.3, 0.4) is 0 Å². The van der Waals surface area contributed by atoms with Crippen LogP contribution >= 0.6 is 11.3 Å². The third-order valence-electron chi connectivity index (χ3n) is 3.10. The molecule has 3 rings (SSSR count). The van der Waals surface area contributed by atoms with Crippen molar-refractivity contribution in [3.8, 4) is 11.5 Å². The molecule has 3 aromatic rings. The fraction of sp³-hybridized carbons (Fsp3) is 0.0667. The van der Waals surface area contributed by atoms with E-state index in [9.17, 15) is 10.1 Å². The number of benzene rings is 1. The summed E-state index contributed by atoms with van der Waals surface area (Å²) in [7, 11) is 1.66. The Bertz CT molecular complexity index is 922. The highest BCUT2D eigenvalue weighted by molar-refractivity contribution is 7.07. The molecule has 0 spiro atoms. The van der Waals surface area contributed by atoms with E-state index in [2.05, 4.69) is 10.1 Å². The zero-order valence-electron chi connectivity index (χ0n) is 12.1. The normalized spacial score (nSPS) is 12.1. The minimum atomic E-state index is -0.432. The number of hydrogen-bond acceptors (Lipinski definition) is 6. The Labute approximate surface area is 135 Å². The molecule has 0 aliphatic rings. The van der Waals surface area contributed by atoms with Gasteiger partial charge in [-0.1, -0.05) is 12.1 Å². The Morgan fingerprint density at radius 1 is 1.30 bits per heavy atom. The highest BCUT2D eigenvalue weighted by Gasteiger charge is 2.12. The maximum atomic E-state index is 11.1. The van der Waals surface area contributed by atoms with Crippen molar-refractivity contribution in [1.82, 2.24) is 4.68 Å². The molecule has 0 fully saturated rings. The standard InChI is InChI=1S/C15H12N4O3S/c1-16-15-18(13(10-23-15)14-7-4-8-22-14)17-9-11-5-2-3-6-12(11)19(20)21/h2-10H,1H3. The molecule has 1 aromatic carbocycles. The van der Waals surface area contributed by atoms with Crippen molar-refractivity contribution in [1.29, 1.82) is 0 Å². The quantitative estimate of drug-likeness (QED) is 0.419. The van der Waals surface area contributed by atoms with Crippen LogP contribution in [0.25, 0.3) is 11.5 Å². The Hall–Kier alpha value is -3.00. The molecule has 116 valence electrons. The van der Waals surface area contributed by atoms with E-state index in [1.165, 1.54) is 23.6 Å². The van der Waals surface area contributed by atoms with Crippen molar-refractivity contribution < 1.29 is 9.34 Å². The maximum absolute atomic E-state index is 11.1. The first-order chi connectivity index (χ1) is 11.2. The molecule has 0 unspecified atom stereocenters. The van der Waals surface area contributed by atoms with Gasteiger partial charge in [-0.15, -0.1) is 11.3 Å². The Morgan fingerprint density at radius 2 is 2.13 bits per heavy atom. The summed E-state index contributed by atoms with van der Waals surface area (Å²) < 4.78 is 6.99. The van der Waals surface area contributed by atoms with Gasteiger partial charge in [-0.05, 0) is 18.2 Å². The second-order valence-corrected chi connectivity index (χ2v) is 5.31. The van der Waals surface area contributed by atoms with Gasteiger partial charge in [0.25, 0.3) is 5.69 Å². The van der Waals surface area contributed by atoms with Crippen LogP contribution in [0.5, 0.6) is 0 Å². The molecule has 7 nitrogen and oxygen atoms in total. The minimum Gasteiger partial charge on any atom is -0.463 e. The van der Waals surface area contributed by atoms with E-state index < -0.39 is 4.92 Å². The number of nitro benzene ring substituents is 1. The molecule has 0 atom stereocenters. The van der Waals surface area contributed by atoms with Crippen LogP contribution in [-0.4, -0.2) is 22.9 Å². The number of furan rings is 1. The monoisotopic (exact) mass is 328 g/mol.